The molecule has 2 aromatic rings. The summed E-state index contributed by atoms with van der Waals surface area (Å²) in [5.74, 6) is 3.24. The van der Waals surface area contributed by atoms with Crippen molar-refractivity contribution < 1.29 is 28.5 Å². The highest BCUT2D eigenvalue weighted by Gasteiger charge is 2.29. The van der Waals surface area contributed by atoms with Crippen LogP contribution in [-0.4, -0.2) is 59.3 Å². The van der Waals surface area contributed by atoms with Crippen molar-refractivity contribution in [1.82, 2.24) is 4.90 Å². The number of nitrogens with zero attached hydrogens (tertiary/aromatic N) is 1. The predicted octanol–water partition coefficient (Wildman–Crippen LogP) is 3.82. The first kappa shape index (κ1) is 22.7. The van der Waals surface area contributed by atoms with Crippen molar-refractivity contribution in [3.05, 3.63) is 41.5 Å². The lowest BCUT2D eigenvalue weighted by Gasteiger charge is -2.32. The zero-order valence-electron chi connectivity index (χ0n) is 18.9. The minimum Gasteiger partial charge on any atom is -0.497 e. The highest BCUT2D eigenvalue weighted by atomic mass is 16.5. The van der Waals surface area contributed by atoms with Crippen LogP contribution >= 0.6 is 0 Å². The van der Waals surface area contributed by atoms with Crippen molar-refractivity contribution in [2.75, 3.05) is 48.6 Å². The van der Waals surface area contributed by atoms with Gasteiger partial charge in [0, 0.05) is 36.7 Å². The Hall–Kier alpha value is -2.93. The van der Waals surface area contributed by atoms with Gasteiger partial charge in [0.15, 0.2) is 17.3 Å². The average molecular weight is 430 g/mol. The number of rotatable bonds is 9. The van der Waals surface area contributed by atoms with Crippen molar-refractivity contribution in [2.24, 2.45) is 5.92 Å². The van der Waals surface area contributed by atoms with E-state index in [0.29, 0.717) is 41.7 Å². The van der Waals surface area contributed by atoms with E-state index in [0.717, 1.165) is 30.7 Å². The van der Waals surface area contributed by atoms with Crippen LogP contribution in [0.5, 0.6) is 28.7 Å². The molecule has 0 N–H and O–H groups in total. The molecular formula is C24H31NO6. The SMILES string of the molecule is COc1ccc(C(=O)[C@H]2CCCN(Cc3cc(OC)c(OC)cc3OC)C2)c(OC)c1. The van der Waals surface area contributed by atoms with Crippen molar-refractivity contribution in [3.8, 4) is 28.7 Å². The fraction of sp³-hybridized carbons (Fsp3) is 0.458. The molecule has 0 aromatic heterocycles. The first-order valence-electron chi connectivity index (χ1n) is 10.3. The summed E-state index contributed by atoms with van der Waals surface area (Å²) in [4.78, 5) is 15.6. The molecule has 0 aliphatic carbocycles. The minimum atomic E-state index is -0.0952. The van der Waals surface area contributed by atoms with E-state index in [-0.39, 0.29) is 11.7 Å². The van der Waals surface area contributed by atoms with Crippen LogP contribution in [0, 0.1) is 5.92 Å². The van der Waals surface area contributed by atoms with Crippen LogP contribution in [0.1, 0.15) is 28.8 Å². The monoisotopic (exact) mass is 429 g/mol. The molecule has 7 heteroatoms. The van der Waals surface area contributed by atoms with Crippen LogP contribution in [0.25, 0.3) is 0 Å². The summed E-state index contributed by atoms with van der Waals surface area (Å²) >= 11 is 0. The summed E-state index contributed by atoms with van der Waals surface area (Å²) in [5.41, 5.74) is 1.59. The normalized spacial score (nSPS) is 16.5. The standard InChI is InChI=1S/C24H31NO6/c1-27-18-8-9-19(21(12-18)29-3)24(26)16-7-6-10-25(14-16)15-17-11-22(30-4)23(31-5)13-20(17)28-2/h8-9,11-13,16H,6-7,10,14-15H2,1-5H3/t16-/m0/s1. The van der Waals surface area contributed by atoms with E-state index < -0.39 is 0 Å². The van der Waals surface area contributed by atoms with Gasteiger partial charge in [-0.15, -0.1) is 0 Å². The summed E-state index contributed by atoms with van der Waals surface area (Å²) in [7, 11) is 8.03. The Morgan fingerprint density at radius 1 is 0.871 bits per heavy atom. The molecule has 1 saturated heterocycles. The van der Waals surface area contributed by atoms with E-state index in [4.69, 9.17) is 23.7 Å². The molecule has 1 atom stereocenters. The maximum Gasteiger partial charge on any atom is 0.170 e. The lowest BCUT2D eigenvalue weighted by Crippen LogP contribution is -2.38. The Labute approximate surface area is 183 Å². The maximum absolute atomic E-state index is 13.3. The number of ketones is 1. The summed E-state index contributed by atoms with van der Waals surface area (Å²) in [5, 5.41) is 0. The molecule has 1 aliphatic heterocycles. The topological polar surface area (TPSA) is 66.5 Å². The molecule has 168 valence electrons. The van der Waals surface area contributed by atoms with Gasteiger partial charge < -0.3 is 23.7 Å². The van der Waals surface area contributed by atoms with Gasteiger partial charge in [-0.3, -0.25) is 9.69 Å². The number of hydrogen-bond acceptors (Lipinski definition) is 7. The molecule has 0 radical (unpaired) electrons. The number of ether oxygens (including phenoxy) is 5. The first-order chi connectivity index (χ1) is 15.0. The van der Waals surface area contributed by atoms with E-state index in [1.807, 2.05) is 12.1 Å². The zero-order valence-corrected chi connectivity index (χ0v) is 18.9. The molecule has 0 unspecified atom stereocenters. The third-order valence-corrected chi connectivity index (χ3v) is 5.73. The molecule has 7 nitrogen and oxygen atoms in total. The van der Waals surface area contributed by atoms with Crippen LogP contribution in [0.2, 0.25) is 0 Å². The highest BCUT2D eigenvalue weighted by Crippen LogP contribution is 2.36. The van der Waals surface area contributed by atoms with Gasteiger partial charge in [0.2, 0.25) is 0 Å². The Kier molecular flexibility index (Phi) is 7.63. The number of Topliss-reactive ketones (excluding diaryl/α,β-unsaturated/α-hetero) is 1. The van der Waals surface area contributed by atoms with Crippen LogP contribution in [0.3, 0.4) is 0 Å². The van der Waals surface area contributed by atoms with Gasteiger partial charge >= 0.3 is 0 Å². The van der Waals surface area contributed by atoms with Crippen LogP contribution in [0.4, 0.5) is 0 Å². The Morgan fingerprint density at radius 3 is 2.19 bits per heavy atom. The number of benzene rings is 2. The van der Waals surface area contributed by atoms with Crippen LogP contribution in [0.15, 0.2) is 30.3 Å². The predicted molar refractivity (Wildman–Crippen MR) is 118 cm³/mol. The van der Waals surface area contributed by atoms with Crippen molar-refractivity contribution in [3.63, 3.8) is 0 Å². The highest BCUT2D eigenvalue weighted by molar-refractivity contribution is 6.00. The van der Waals surface area contributed by atoms with Gasteiger partial charge in [-0.05, 0) is 37.6 Å². The van der Waals surface area contributed by atoms with Crippen molar-refractivity contribution in [2.45, 2.75) is 19.4 Å². The second kappa shape index (κ2) is 10.4. The van der Waals surface area contributed by atoms with Gasteiger partial charge in [-0.25, -0.2) is 0 Å². The number of hydrogen-bond donors (Lipinski definition) is 0. The third-order valence-electron chi connectivity index (χ3n) is 5.73. The van der Waals surface area contributed by atoms with Crippen LogP contribution in [-0.2, 0) is 6.54 Å². The Balaban J connectivity index is 1.78. The van der Waals surface area contributed by atoms with Gasteiger partial charge in [-0.1, -0.05) is 0 Å². The summed E-state index contributed by atoms with van der Waals surface area (Å²) in [6.07, 6.45) is 1.80. The van der Waals surface area contributed by atoms with Crippen molar-refractivity contribution in [1.29, 1.82) is 0 Å². The third kappa shape index (κ3) is 5.05. The van der Waals surface area contributed by atoms with E-state index in [1.165, 1.54) is 0 Å². The second-order valence-electron chi connectivity index (χ2n) is 7.52. The quantitative estimate of drug-likeness (QED) is 0.561. The molecule has 0 spiro atoms. The van der Waals surface area contributed by atoms with Gasteiger partial charge in [-0.2, -0.15) is 0 Å². The molecule has 0 saturated carbocycles. The molecule has 1 fully saturated rings. The fourth-order valence-electron chi connectivity index (χ4n) is 4.09. The second-order valence-corrected chi connectivity index (χ2v) is 7.52. The Bertz CT molecular complexity index is 913. The molecule has 1 heterocycles. The molecular weight excluding hydrogens is 398 g/mol. The van der Waals surface area contributed by atoms with E-state index >= 15 is 0 Å². The van der Waals surface area contributed by atoms with E-state index in [9.17, 15) is 4.79 Å². The van der Waals surface area contributed by atoms with Gasteiger partial charge in [0.25, 0.3) is 0 Å². The number of carbonyl (C=O) groups is 1. The number of methoxy groups -OCH3 is 5. The van der Waals surface area contributed by atoms with E-state index in [1.54, 1.807) is 53.7 Å². The van der Waals surface area contributed by atoms with Crippen LogP contribution < -0.4 is 23.7 Å². The molecule has 0 bridgehead atoms. The smallest absolute Gasteiger partial charge is 0.170 e. The molecule has 31 heavy (non-hydrogen) atoms. The molecule has 0 amide bonds. The molecule has 1 aliphatic rings. The summed E-state index contributed by atoms with van der Waals surface area (Å²) in [6, 6.07) is 9.11. The summed E-state index contributed by atoms with van der Waals surface area (Å²) in [6.45, 7) is 2.25. The largest absolute Gasteiger partial charge is 0.497 e. The fourth-order valence-corrected chi connectivity index (χ4v) is 4.09. The first-order valence-corrected chi connectivity index (χ1v) is 10.3. The number of carbonyl (C=O) groups excluding carboxylic acids is 1. The average Bonchev–Trinajstić information content (AvgIpc) is 2.82. The van der Waals surface area contributed by atoms with E-state index in [2.05, 4.69) is 4.90 Å². The van der Waals surface area contributed by atoms with Gasteiger partial charge in [0.05, 0.1) is 41.1 Å². The zero-order chi connectivity index (χ0) is 22.4. The number of likely N-dealkylation sites (tertiary alicyclic amines) is 1. The lowest BCUT2D eigenvalue weighted by molar-refractivity contribution is 0.0807. The summed E-state index contributed by atoms with van der Waals surface area (Å²) < 4.78 is 27.1. The maximum atomic E-state index is 13.3. The minimum absolute atomic E-state index is 0.0952. The lowest BCUT2D eigenvalue weighted by atomic mass is 9.89. The number of piperidine rings is 1. The Morgan fingerprint density at radius 2 is 1.55 bits per heavy atom. The van der Waals surface area contributed by atoms with Crippen molar-refractivity contribution >= 4 is 5.78 Å². The molecule has 3 rings (SSSR count). The van der Waals surface area contributed by atoms with Gasteiger partial charge in [0.1, 0.15) is 17.2 Å². The molecule has 2 aromatic carbocycles.